The number of rotatable bonds is 6. The fraction of sp³-hybridized carbons (Fsp3) is 0.750. The molecule has 0 aliphatic carbocycles. The van der Waals surface area contributed by atoms with Gasteiger partial charge < -0.3 is 10.6 Å². The number of nitrogens with zero attached hydrogens (tertiary/aromatic N) is 2. The summed E-state index contributed by atoms with van der Waals surface area (Å²) in [4.78, 5) is 4.96. The van der Waals surface area contributed by atoms with Gasteiger partial charge in [0.2, 0.25) is 0 Å². The highest BCUT2D eigenvalue weighted by molar-refractivity contribution is 5.80. The molecule has 0 amide bonds. The van der Waals surface area contributed by atoms with E-state index in [2.05, 4.69) is 15.6 Å². The minimum Gasteiger partial charge on any atom is -0.389 e. The molecule has 0 saturated carbocycles. The van der Waals surface area contributed by atoms with Gasteiger partial charge >= 0.3 is 6.18 Å². The van der Waals surface area contributed by atoms with Crippen LogP contribution in [0.5, 0.6) is 0 Å². The summed E-state index contributed by atoms with van der Waals surface area (Å²) in [6.45, 7) is -0.00137. The first kappa shape index (κ1) is 17.8. The Hall–Kier alpha value is -1.22. The van der Waals surface area contributed by atoms with Gasteiger partial charge in [-0.1, -0.05) is 0 Å². The largest absolute Gasteiger partial charge is 0.419 e. The number of aliphatic imine (C=N–C) groups is 1. The van der Waals surface area contributed by atoms with E-state index in [-0.39, 0.29) is 26.2 Å². The van der Waals surface area contributed by atoms with Gasteiger partial charge in [-0.05, 0) is 14.1 Å². The van der Waals surface area contributed by atoms with Crippen LogP contribution < -0.4 is 10.6 Å². The maximum Gasteiger partial charge on any atom is 0.419 e. The molecule has 1 unspecified atom stereocenters. The zero-order valence-electron chi connectivity index (χ0n) is 11.8. The summed E-state index contributed by atoms with van der Waals surface area (Å²) in [5.41, 5.74) is -1.01. The minimum atomic E-state index is -4.59. The van der Waals surface area contributed by atoms with Crippen molar-refractivity contribution in [3.63, 3.8) is 0 Å². The molecule has 1 aliphatic heterocycles. The van der Waals surface area contributed by atoms with E-state index in [4.69, 9.17) is 0 Å². The SMILES string of the molecule is CNC/N=C\C(=C/NCC1N(C)CCC1(F)F)C(F)(F)F. The molecule has 0 aromatic carbocycles. The van der Waals surface area contributed by atoms with E-state index in [9.17, 15) is 22.0 Å². The van der Waals surface area contributed by atoms with Gasteiger partial charge in [-0.25, -0.2) is 8.78 Å². The predicted octanol–water partition coefficient (Wildman–Crippen LogP) is 1.61. The Morgan fingerprint density at radius 3 is 2.57 bits per heavy atom. The van der Waals surface area contributed by atoms with Crippen molar-refractivity contribution >= 4 is 6.21 Å². The van der Waals surface area contributed by atoms with E-state index < -0.39 is 23.7 Å². The third-order valence-electron chi connectivity index (χ3n) is 3.19. The Kier molecular flexibility index (Phi) is 6.09. The smallest absolute Gasteiger partial charge is 0.389 e. The summed E-state index contributed by atoms with van der Waals surface area (Å²) >= 11 is 0. The van der Waals surface area contributed by atoms with E-state index in [1.807, 2.05) is 0 Å². The second-order valence-corrected chi connectivity index (χ2v) is 4.84. The van der Waals surface area contributed by atoms with E-state index in [1.165, 1.54) is 11.9 Å². The lowest BCUT2D eigenvalue weighted by Crippen LogP contribution is -2.43. The Morgan fingerprint density at radius 2 is 2.10 bits per heavy atom. The van der Waals surface area contributed by atoms with Gasteiger partial charge in [0.25, 0.3) is 5.92 Å². The Labute approximate surface area is 120 Å². The molecule has 1 saturated heterocycles. The Balaban J connectivity index is 2.66. The highest BCUT2D eigenvalue weighted by atomic mass is 19.4. The number of allylic oxidation sites excluding steroid dienone is 1. The molecule has 0 bridgehead atoms. The second kappa shape index (κ2) is 7.17. The zero-order valence-corrected chi connectivity index (χ0v) is 11.8. The molecule has 2 N–H and O–H groups in total. The van der Waals surface area contributed by atoms with Crippen LogP contribution in [0.3, 0.4) is 0 Å². The average molecular weight is 314 g/mol. The number of likely N-dealkylation sites (tertiary alicyclic amines) is 1. The third-order valence-corrected chi connectivity index (χ3v) is 3.19. The van der Waals surface area contributed by atoms with E-state index >= 15 is 0 Å². The van der Waals surface area contributed by atoms with E-state index in [0.29, 0.717) is 12.4 Å². The fourth-order valence-corrected chi connectivity index (χ4v) is 1.98. The molecule has 1 fully saturated rings. The maximum absolute atomic E-state index is 13.5. The Bertz CT molecular complexity index is 392. The molecule has 0 spiro atoms. The Morgan fingerprint density at radius 1 is 1.43 bits per heavy atom. The highest BCUT2D eigenvalue weighted by Crippen LogP contribution is 2.32. The molecular weight excluding hydrogens is 295 g/mol. The first-order valence-corrected chi connectivity index (χ1v) is 6.41. The molecule has 0 radical (unpaired) electrons. The highest BCUT2D eigenvalue weighted by Gasteiger charge is 2.46. The van der Waals surface area contributed by atoms with Gasteiger partial charge in [-0.3, -0.25) is 9.89 Å². The topological polar surface area (TPSA) is 39.7 Å². The van der Waals surface area contributed by atoms with Crippen LogP contribution in [0.15, 0.2) is 16.8 Å². The third kappa shape index (κ3) is 5.24. The molecule has 1 atom stereocenters. The number of likely N-dealkylation sites (N-methyl/N-ethyl adjacent to an activating group) is 1. The standard InChI is InChI=1S/C12H19F5N4/c1-18-8-20-6-9(12(15,16)17)5-19-7-10-11(13,14)3-4-21(10)2/h5-6,10,18-19H,3-4,7-8H2,1-2H3/b9-5+,20-6-. The minimum absolute atomic E-state index is 0.0385. The maximum atomic E-state index is 13.5. The van der Waals surface area contributed by atoms with Crippen LogP contribution in [-0.4, -0.2) is 63.1 Å². The van der Waals surface area contributed by atoms with E-state index in [0.717, 1.165) is 0 Å². The van der Waals surface area contributed by atoms with Gasteiger partial charge in [0.1, 0.15) is 0 Å². The lowest BCUT2D eigenvalue weighted by Gasteiger charge is -2.24. The number of hydrogen-bond acceptors (Lipinski definition) is 4. The molecule has 21 heavy (non-hydrogen) atoms. The lowest BCUT2D eigenvalue weighted by molar-refractivity contribution is -0.0860. The summed E-state index contributed by atoms with van der Waals surface area (Å²) < 4.78 is 65.1. The molecule has 0 aromatic rings. The van der Waals surface area contributed by atoms with Crippen LogP contribution in [0.1, 0.15) is 6.42 Å². The summed E-state index contributed by atoms with van der Waals surface area (Å²) in [5, 5.41) is 4.90. The van der Waals surface area contributed by atoms with Crippen molar-refractivity contribution in [2.45, 2.75) is 24.6 Å². The molecule has 1 heterocycles. The number of halogens is 5. The van der Waals surface area contributed by atoms with Crippen molar-refractivity contribution in [3.05, 3.63) is 11.8 Å². The van der Waals surface area contributed by atoms with Crippen molar-refractivity contribution in [3.8, 4) is 0 Å². The summed E-state index contributed by atoms with van der Waals surface area (Å²) in [6, 6.07) is -1.11. The molecule has 4 nitrogen and oxygen atoms in total. The van der Waals surface area contributed by atoms with Crippen molar-refractivity contribution in [1.29, 1.82) is 0 Å². The summed E-state index contributed by atoms with van der Waals surface area (Å²) in [7, 11) is 3.07. The van der Waals surface area contributed by atoms with Gasteiger partial charge in [0, 0.05) is 31.9 Å². The van der Waals surface area contributed by atoms with Crippen LogP contribution in [0.4, 0.5) is 22.0 Å². The van der Waals surface area contributed by atoms with Crippen LogP contribution in [0.2, 0.25) is 0 Å². The fourth-order valence-electron chi connectivity index (χ4n) is 1.98. The monoisotopic (exact) mass is 314 g/mol. The van der Waals surface area contributed by atoms with Gasteiger partial charge in [0.15, 0.2) is 0 Å². The van der Waals surface area contributed by atoms with Gasteiger partial charge in [-0.2, -0.15) is 13.2 Å². The molecule has 0 aromatic heterocycles. The lowest BCUT2D eigenvalue weighted by atomic mass is 10.1. The van der Waals surface area contributed by atoms with Gasteiger partial charge in [-0.15, -0.1) is 0 Å². The summed E-state index contributed by atoms with van der Waals surface area (Å²) in [5.74, 6) is -2.89. The van der Waals surface area contributed by atoms with Crippen molar-refractivity contribution in [2.24, 2.45) is 4.99 Å². The first-order valence-electron chi connectivity index (χ1n) is 6.41. The number of alkyl halides is 5. The first-order chi connectivity index (χ1) is 9.68. The summed E-state index contributed by atoms with van der Waals surface area (Å²) in [6.07, 6.45) is -3.52. The van der Waals surface area contributed by atoms with Gasteiger partial charge in [0.05, 0.1) is 18.3 Å². The van der Waals surface area contributed by atoms with Crippen LogP contribution in [0, 0.1) is 0 Å². The zero-order chi connectivity index (χ0) is 16.1. The molecule has 1 aliphatic rings. The second-order valence-electron chi connectivity index (χ2n) is 4.84. The number of hydrogen-bond donors (Lipinski definition) is 2. The van der Waals surface area contributed by atoms with Crippen molar-refractivity contribution < 1.29 is 22.0 Å². The predicted molar refractivity (Wildman–Crippen MR) is 70.5 cm³/mol. The normalized spacial score (nSPS) is 24.0. The molecular formula is C12H19F5N4. The molecule has 122 valence electrons. The molecule has 9 heteroatoms. The van der Waals surface area contributed by atoms with E-state index in [1.54, 1.807) is 7.05 Å². The van der Waals surface area contributed by atoms with Crippen LogP contribution in [-0.2, 0) is 0 Å². The van der Waals surface area contributed by atoms with Crippen molar-refractivity contribution in [1.82, 2.24) is 15.5 Å². The average Bonchev–Trinajstić information content (AvgIpc) is 2.62. The number of nitrogens with one attached hydrogen (secondary N) is 2. The van der Waals surface area contributed by atoms with Crippen LogP contribution >= 0.6 is 0 Å². The van der Waals surface area contributed by atoms with Crippen LogP contribution in [0.25, 0.3) is 0 Å². The van der Waals surface area contributed by atoms with Crippen molar-refractivity contribution in [2.75, 3.05) is 33.9 Å². The molecule has 1 rings (SSSR count). The quantitative estimate of drug-likeness (QED) is 0.578.